The highest BCUT2D eigenvalue weighted by atomic mass is 32.1. The summed E-state index contributed by atoms with van der Waals surface area (Å²) < 4.78 is 37.2. The highest BCUT2D eigenvalue weighted by Crippen LogP contribution is 2.23. The van der Waals surface area contributed by atoms with Crippen molar-refractivity contribution in [2.24, 2.45) is 0 Å². The second kappa shape index (κ2) is 7.13. The number of aromatic nitrogens is 4. The molecule has 5 nitrogen and oxygen atoms in total. The van der Waals surface area contributed by atoms with E-state index in [1.165, 1.54) is 28.5 Å². The number of nitrogens with one attached hydrogen (secondary N) is 1. The van der Waals surface area contributed by atoms with Gasteiger partial charge in [0.1, 0.15) is 22.5 Å². The molecule has 0 fully saturated rings. The van der Waals surface area contributed by atoms with Gasteiger partial charge in [0, 0.05) is 29.9 Å². The van der Waals surface area contributed by atoms with E-state index < -0.39 is 11.6 Å². The number of benzene rings is 2. The van der Waals surface area contributed by atoms with Crippen LogP contribution in [0.1, 0.15) is 29.8 Å². The molecular weight excluding hydrogens is 368 g/mol. The van der Waals surface area contributed by atoms with Gasteiger partial charge in [0.25, 0.3) is 0 Å². The molecule has 0 saturated heterocycles. The predicted octanol–water partition coefficient (Wildman–Crippen LogP) is 4.31. The fourth-order valence-electron chi connectivity index (χ4n) is 3.06. The van der Waals surface area contributed by atoms with Gasteiger partial charge in [-0.1, -0.05) is 6.07 Å². The molecule has 0 saturated carbocycles. The molecule has 138 valence electrons. The van der Waals surface area contributed by atoms with Crippen molar-refractivity contribution in [1.29, 1.82) is 0 Å². The van der Waals surface area contributed by atoms with Gasteiger partial charge in [-0.05, 0) is 43.7 Å². The maximum absolute atomic E-state index is 14.1. The quantitative estimate of drug-likeness (QED) is 0.556. The summed E-state index contributed by atoms with van der Waals surface area (Å²) in [7, 11) is 0. The normalized spacial score (nSPS) is 12.6. The highest BCUT2D eigenvalue weighted by molar-refractivity contribution is 7.00. The Labute approximate surface area is 159 Å². The van der Waals surface area contributed by atoms with Crippen molar-refractivity contribution in [2.45, 2.75) is 26.4 Å². The highest BCUT2D eigenvalue weighted by Gasteiger charge is 2.16. The van der Waals surface area contributed by atoms with Gasteiger partial charge in [0.05, 0.1) is 17.9 Å². The molecule has 0 aliphatic carbocycles. The maximum Gasteiger partial charge on any atom is 0.151 e. The van der Waals surface area contributed by atoms with Crippen LogP contribution in [0.25, 0.3) is 16.7 Å². The van der Waals surface area contributed by atoms with Crippen LogP contribution < -0.4 is 5.32 Å². The standard InChI is InChI=1S/C19H17F2N5S/c1-11(22-9-13-3-5-17-18(7-13)25-27-24-17)15-10-23-26(12(15)2)19-6-4-14(20)8-16(19)21/h3-8,10-11,22H,9H2,1-2H3. The van der Waals surface area contributed by atoms with Gasteiger partial charge in [-0.15, -0.1) is 0 Å². The molecule has 0 radical (unpaired) electrons. The van der Waals surface area contributed by atoms with Gasteiger partial charge >= 0.3 is 0 Å². The van der Waals surface area contributed by atoms with Crippen LogP contribution >= 0.6 is 11.7 Å². The van der Waals surface area contributed by atoms with Crippen molar-refractivity contribution in [1.82, 2.24) is 23.8 Å². The Balaban J connectivity index is 1.52. The average Bonchev–Trinajstić information content (AvgIpc) is 3.26. The second-order valence-electron chi connectivity index (χ2n) is 6.38. The van der Waals surface area contributed by atoms with E-state index in [9.17, 15) is 8.78 Å². The zero-order chi connectivity index (χ0) is 19.0. The van der Waals surface area contributed by atoms with Gasteiger partial charge < -0.3 is 5.32 Å². The third kappa shape index (κ3) is 3.45. The van der Waals surface area contributed by atoms with Crippen molar-refractivity contribution in [3.63, 3.8) is 0 Å². The summed E-state index contributed by atoms with van der Waals surface area (Å²) >= 11 is 1.20. The number of rotatable bonds is 5. The maximum atomic E-state index is 14.1. The molecular formula is C19H17F2N5S. The van der Waals surface area contributed by atoms with Crippen LogP contribution in [0.4, 0.5) is 8.78 Å². The Hall–Kier alpha value is -2.71. The summed E-state index contributed by atoms with van der Waals surface area (Å²) in [6.45, 7) is 4.55. The summed E-state index contributed by atoms with van der Waals surface area (Å²) in [5.41, 5.74) is 4.89. The number of hydrogen-bond acceptors (Lipinski definition) is 5. The molecule has 4 aromatic rings. The Morgan fingerprint density at radius 3 is 2.74 bits per heavy atom. The Morgan fingerprint density at radius 2 is 1.93 bits per heavy atom. The van der Waals surface area contributed by atoms with Crippen molar-refractivity contribution in [3.05, 3.63) is 71.1 Å². The molecule has 0 spiro atoms. The van der Waals surface area contributed by atoms with Gasteiger partial charge in [-0.25, -0.2) is 13.5 Å². The number of hydrogen-bond donors (Lipinski definition) is 1. The van der Waals surface area contributed by atoms with Crippen LogP contribution in [-0.2, 0) is 6.54 Å². The van der Waals surface area contributed by atoms with E-state index in [0.29, 0.717) is 6.54 Å². The molecule has 27 heavy (non-hydrogen) atoms. The minimum absolute atomic E-state index is 0.00603. The van der Waals surface area contributed by atoms with Gasteiger partial charge in [0.2, 0.25) is 0 Å². The molecule has 0 amide bonds. The molecule has 8 heteroatoms. The fraction of sp³-hybridized carbons (Fsp3) is 0.211. The van der Waals surface area contributed by atoms with E-state index in [4.69, 9.17) is 0 Å². The monoisotopic (exact) mass is 385 g/mol. The minimum Gasteiger partial charge on any atom is -0.306 e. The largest absolute Gasteiger partial charge is 0.306 e. The SMILES string of the molecule is Cc1c(C(C)NCc2ccc3nsnc3c2)cnn1-c1ccc(F)cc1F. The minimum atomic E-state index is -0.640. The van der Waals surface area contributed by atoms with E-state index in [1.54, 1.807) is 6.20 Å². The Bertz CT molecular complexity index is 1100. The van der Waals surface area contributed by atoms with Crippen LogP contribution in [0, 0.1) is 18.6 Å². The Kier molecular flexibility index (Phi) is 4.67. The van der Waals surface area contributed by atoms with E-state index in [2.05, 4.69) is 19.2 Å². The van der Waals surface area contributed by atoms with E-state index in [1.807, 2.05) is 32.0 Å². The van der Waals surface area contributed by atoms with Gasteiger partial charge in [-0.2, -0.15) is 13.8 Å². The number of fused-ring (bicyclic) bond motifs is 1. The molecule has 2 aromatic carbocycles. The first-order valence-electron chi connectivity index (χ1n) is 8.47. The second-order valence-corrected chi connectivity index (χ2v) is 6.91. The van der Waals surface area contributed by atoms with Crippen LogP contribution in [0.3, 0.4) is 0 Å². The van der Waals surface area contributed by atoms with E-state index >= 15 is 0 Å². The molecule has 1 N–H and O–H groups in total. The lowest BCUT2D eigenvalue weighted by atomic mass is 10.1. The lowest BCUT2D eigenvalue weighted by Gasteiger charge is -2.14. The summed E-state index contributed by atoms with van der Waals surface area (Å²) in [5.74, 6) is -1.25. The molecule has 0 aliphatic heterocycles. The van der Waals surface area contributed by atoms with Crippen molar-refractivity contribution >= 4 is 22.8 Å². The first-order chi connectivity index (χ1) is 13.0. The van der Waals surface area contributed by atoms with Crippen LogP contribution in [-0.4, -0.2) is 18.5 Å². The van der Waals surface area contributed by atoms with Crippen molar-refractivity contribution in [3.8, 4) is 5.69 Å². The Morgan fingerprint density at radius 1 is 1.11 bits per heavy atom. The average molecular weight is 385 g/mol. The first-order valence-corrected chi connectivity index (χ1v) is 9.20. The zero-order valence-electron chi connectivity index (χ0n) is 14.8. The fourth-order valence-corrected chi connectivity index (χ4v) is 3.58. The lowest BCUT2D eigenvalue weighted by Crippen LogP contribution is -2.18. The molecule has 0 aliphatic rings. The smallest absolute Gasteiger partial charge is 0.151 e. The van der Waals surface area contributed by atoms with E-state index in [0.717, 1.165) is 33.9 Å². The zero-order valence-corrected chi connectivity index (χ0v) is 15.6. The molecule has 0 bridgehead atoms. The van der Waals surface area contributed by atoms with Gasteiger partial charge in [-0.3, -0.25) is 0 Å². The summed E-state index contributed by atoms with van der Waals surface area (Å²) in [4.78, 5) is 0. The number of nitrogens with zero attached hydrogens (tertiary/aromatic N) is 4. The van der Waals surface area contributed by atoms with Crippen LogP contribution in [0.5, 0.6) is 0 Å². The lowest BCUT2D eigenvalue weighted by molar-refractivity contribution is 0.566. The van der Waals surface area contributed by atoms with Crippen molar-refractivity contribution in [2.75, 3.05) is 0 Å². The van der Waals surface area contributed by atoms with Crippen LogP contribution in [0.2, 0.25) is 0 Å². The predicted molar refractivity (Wildman–Crippen MR) is 101 cm³/mol. The third-order valence-corrected chi connectivity index (χ3v) is 5.14. The summed E-state index contributed by atoms with van der Waals surface area (Å²) in [5, 5.41) is 7.73. The topological polar surface area (TPSA) is 55.6 Å². The third-order valence-electron chi connectivity index (χ3n) is 4.58. The number of halogens is 2. The van der Waals surface area contributed by atoms with Gasteiger partial charge in [0.15, 0.2) is 5.82 Å². The van der Waals surface area contributed by atoms with Crippen molar-refractivity contribution < 1.29 is 8.78 Å². The summed E-state index contributed by atoms with van der Waals surface area (Å²) in [6, 6.07) is 9.48. The summed E-state index contributed by atoms with van der Waals surface area (Å²) in [6.07, 6.45) is 1.71. The first kappa shape index (κ1) is 17.7. The van der Waals surface area contributed by atoms with Crippen LogP contribution in [0.15, 0.2) is 42.6 Å². The molecule has 2 aromatic heterocycles. The molecule has 4 rings (SSSR count). The molecule has 2 heterocycles. The molecule has 1 unspecified atom stereocenters. The van der Waals surface area contributed by atoms with E-state index in [-0.39, 0.29) is 11.7 Å². The molecule has 1 atom stereocenters.